The third-order valence-electron chi connectivity index (χ3n) is 1.64. The first kappa shape index (κ1) is 17.9. The topological polar surface area (TPSA) is 76.0 Å². The van der Waals surface area contributed by atoms with E-state index in [4.69, 9.17) is 34.8 Å². The Kier molecular flexibility index (Phi) is 6.76. The Morgan fingerprint density at radius 3 is 2.37 bits per heavy atom. The monoisotopic (exact) mass is 404 g/mol. The van der Waals surface area contributed by atoms with Crippen molar-refractivity contribution in [2.45, 2.75) is 3.12 Å². The number of alkyl halides is 3. The van der Waals surface area contributed by atoms with Crippen LogP contribution in [-0.4, -0.2) is 43.5 Å². The lowest BCUT2D eigenvalue weighted by Gasteiger charge is -2.20. The summed E-state index contributed by atoms with van der Waals surface area (Å²) < 4.78 is 21.3. The molecule has 0 atom stereocenters. The molecule has 0 saturated carbocycles. The molecule has 0 aromatic rings. The van der Waals surface area contributed by atoms with E-state index in [0.717, 1.165) is 17.2 Å². The van der Waals surface area contributed by atoms with E-state index in [1.165, 1.54) is 23.5 Å². The van der Waals surface area contributed by atoms with Crippen molar-refractivity contribution >= 4 is 90.6 Å². The molecular formula is C6H7Cl3N2O4S4. The quantitative estimate of drug-likeness (QED) is 0.397. The summed E-state index contributed by atoms with van der Waals surface area (Å²) in [7, 11) is -3.55. The van der Waals surface area contributed by atoms with Crippen LogP contribution in [0.2, 0.25) is 0 Å². The maximum absolute atomic E-state index is 11.6. The number of hydrogen-bond donors (Lipinski definition) is 0. The lowest BCUT2D eigenvalue weighted by Crippen LogP contribution is -2.40. The van der Waals surface area contributed by atoms with E-state index >= 15 is 0 Å². The molecule has 0 N–H and O–H groups in total. The van der Waals surface area contributed by atoms with Crippen molar-refractivity contribution in [3.63, 3.8) is 0 Å². The number of carbonyl (C=O) groups is 1. The van der Waals surface area contributed by atoms with E-state index in [2.05, 4.69) is 9.99 Å². The van der Waals surface area contributed by atoms with E-state index in [1.807, 2.05) is 0 Å². The van der Waals surface area contributed by atoms with Crippen LogP contribution in [0.3, 0.4) is 0 Å². The van der Waals surface area contributed by atoms with Crippen LogP contribution >= 0.6 is 70.1 Å². The van der Waals surface area contributed by atoms with Gasteiger partial charge in [0.2, 0.25) is 0 Å². The molecule has 0 unspecified atom stereocenters. The Hall–Kier alpha value is 0.810. The molecule has 1 aliphatic rings. The highest BCUT2D eigenvalue weighted by molar-refractivity contribution is 8.48. The van der Waals surface area contributed by atoms with Crippen LogP contribution < -0.4 is 0 Å². The van der Waals surface area contributed by atoms with Crippen LogP contribution in [0.5, 0.6) is 0 Å². The minimum absolute atomic E-state index is 0.191. The first-order chi connectivity index (χ1) is 8.66. The van der Waals surface area contributed by atoms with Crippen LogP contribution in [0.4, 0.5) is 4.79 Å². The molecule has 0 bridgehead atoms. The largest absolute Gasteiger partial charge is 0.449 e. The maximum atomic E-state index is 11.6. The number of amides is 1. The van der Waals surface area contributed by atoms with Crippen molar-refractivity contribution in [3.05, 3.63) is 0 Å². The molecule has 19 heavy (non-hydrogen) atoms. The average Bonchev–Trinajstić information content (AvgIpc) is 2.34. The zero-order valence-corrected chi connectivity index (χ0v) is 14.7. The highest BCUT2D eigenvalue weighted by atomic mass is 35.6. The van der Waals surface area contributed by atoms with Crippen molar-refractivity contribution in [1.29, 1.82) is 0 Å². The van der Waals surface area contributed by atoms with Gasteiger partial charge in [-0.15, -0.1) is 11.8 Å². The van der Waals surface area contributed by atoms with Crippen LogP contribution in [0.1, 0.15) is 0 Å². The van der Waals surface area contributed by atoms with Gasteiger partial charge in [0.05, 0.1) is 0 Å². The van der Waals surface area contributed by atoms with Gasteiger partial charge in [0.1, 0.15) is 0 Å². The minimum Gasteiger partial charge on any atom is -0.295 e. The Balaban J connectivity index is 2.68. The fraction of sp³-hybridized carbons (Fsp3) is 0.667. The van der Waals surface area contributed by atoms with Gasteiger partial charge in [0.25, 0.3) is 10.0 Å². The van der Waals surface area contributed by atoms with Gasteiger partial charge in [-0.2, -0.15) is 0 Å². The summed E-state index contributed by atoms with van der Waals surface area (Å²) in [5, 5.41) is 5.11. The lowest BCUT2D eigenvalue weighted by molar-refractivity contribution is 0.135. The molecule has 0 aliphatic carbocycles. The Labute approximate surface area is 137 Å². The Morgan fingerprint density at radius 2 is 1.89 bits per heavy atom. The molecule has 0 aromatic carbocycles. The van der Waals surface area contributed by atoms with Gasteiger partial charge in [-0.1, -0.05) is 63.5 Å². The van der Waals surface area contributed by atoms with E-state index < -0.39 is 19.2 Å². The van der Waals surface area contributed by atoms with Gasteiger partial charge in [0, 0.05) is 17.2 Å². The van der Waals surface area contributed by atoms with Crippen LogP contribution in [-0.2, 0) is 14.9 Å². The molecule has 13 heteroatoms. The number of sulfonamides is 1. The second-order valence-electron chi connectivity index (χ2n) is 2.86. The van der Waals surface area contributed by atoms with Gasteiger partial charge in [-0.3, -0.25) is 4.84 Å². The third-order valence-corrected chi connectivity index (χ3v) is 8.48. The van der Waals surface area contributed by atoms with Crippen LogP contribution in [0, 0.1) is 0 Å². The predicted molar refractivity (Wildman–Crippen MR) is 83.4 cm³/mol. The number of nitrogens with zero attached hydrogens (tertiary/aromatic N) is 2. The Bertz CT molecular complexity index is 469. The van der Waals surface area contributed by atoms with Crippen LogP contribution in [0.15, 0.2) is 5.16 Å². The molecule has 1 saturated heterocycles. The van der Waals surface area contributed by atoms with E-state index in [0.29, 0.717) is 4.38 Å². The highest BCUT2D eigenvalue weighted by Gasteiger charge is 2.44. The normalized spacial score (nSPS) is 16.9. The van der Waals surface area contributed by atoms with Gasteiger partial charge in [-0.25, -0.2) is 17.5 Å². The van der Waals surface area contributed by atoms with Crippen molar-refractivity contribution in [2.75, 3.05) is 17.2 Å². The molecule has 6 nitrogen and oxygen atoms in total. The minimum atomic E-state index is -4.46. The fourth-order valence-electron chi connectivity index (χ4n) is 0.700. The van der Waals surface area contributed by atoms with Crippen molar-refractivity contribution < 1.29 is 18.0 Å². The van der Waals surface area contributed by atoms with E-state index in [1.54, 1.807) is 11.8 Å². The second kappa shape index (κ2) is 7.19. The molecule has 0 aromatic heterocycles. The standard InChI is InChI=1S/C6H7Cl3N2O4S4/c1-11(19(13,14)6(7,8)9)5(12)15-10-4-17-2-16-3-18-4/h2-3H2,1H3. The third kappa shape index (κ3) is 4.94. The number of thioether (sulfide) groups is 3. The highest BCUT2D eigenvalue weighted by Crippen LogP contribution is 2.35. The molecule has 1 heterocycles. The fourth-order valence-corrected chi connectivity index (χ4v) is 5.91. The summed E-state index contributed by atoms with van der Waals surface area (Å²) in [6.07, 6.45) is -1.25. The van der Waals surface area contributed by atoms with Gasteiger partial charge in [0.15, 0.2) is 4.38 Å². The Morgan fingerprint density at radius 1 is 1.37 bits per heavy atom. The second-order valence-corrected chi connectivity index (χ2v) is 11.8. The van der Waals surface area contributed by atoms with Crippen molar-refractivity contribution in [1.82, 2.24) is 4.31 Å². The first-order valence-corrected chi connectivity index (χ1v) is 10.0. The maximum Gasteiger partial charge on any atom is 0.449 e. The average molecular weight is 406 g/mol. The molecule has 1 fully saturated rings. The summed E-state index contributed by atoms with van der Waals surface area (Å²) in [5.41, 5.74) is 0. The molecule has 1 aliphatic heterocycles. The number of hydrogen-bond acceptors (Lipinski definition) is 8. The summed E-state index contributed by atoms with van der Waals surface area (Å²) in [6, 6.07) is 0. The molecule has 0 spiro atoms. The van der Waals surface area contributed by atoms with E-state index in [-0.39, 0.29) is 4.31 Å². The van der Waals surface area contributed by atoms with Gasteiger partial charge >= 0.3 is 9.22 Å². The summed E-state index contributed by atoms with van der Waals surface area (Å²) >= 11 is 20.2. The molecule has 1 amide bonds. The van der Waals surface area contributed by atoms with Gasteiger partial charge < -0.3 is 0 Å². The summed E-state index contributed by atoms with van der Waals surface area (Å²) in [5.74, 6) is 0. The van der Waals surface area contributed by atoms with Gasteiger partial charge in [-0.05, 0) is 0 Å². The van der Waals surface area contributed by atoms with E-state index in [9.17, 15) is 13.2 Å². The lowest BCUT2D eigenvalue weighted by atomic mass is 11.1. The molecule has 1 rings (SSSR count). The SMILES string of the molecule is CN(C(=O)ON=C1SCSCS1)S(=O)(=O)C(Cl)(Cl)Cl. The summed E-state index contributed by atoms with van der Waals surface area (Å²) in [4.78, 5) is 16.0. The number of halogens is 3. The summed E-state index contributed by atoms with van der Waals surface area (Å²) in [6.45, 7) is 0. The number of oxime groups is 1. The smallest absolute Gasteiger partial charge is 0.295 e. The molecule has 110 valence electrons. The van der Waals surface area contributed by atoms with Crippen molar-refractivity contribution in [3.8, 4) is 0 Å². The van der Waals surface area contributed by atoms with Crippen LogP contribution in [0.25, 0.3) is 0 Å². The predicted octanol–water partition coefficient (Wildman–Crippen LogP) is 3.11. The molecule has 0 radical (unpaired) electrons. The zero-order chi connectivity index (χ0) is 14.7. The van der Waals surface area contributed by atoms with Crippen molar-refractivity contribution in [2.24, 2.45) is 5.16 Å². The molecular weight excluding hydrogens is 399 g/mol. The zero-order valence-electron chi connectivity index (χ0n) is 9.21. The number of carbonyl (C=O) groups excluding carboxylic acids is 1. The first-order valence-electron chi connectivity index (χ1n) is 4.34. The number of rotatable bonds is 2.